The van der Waals surface area contributed by atoms with Gasteiger partial charge in [0.1, 0.15) is 0 Å². The SMILES string of the molecule is COC(=O)c1cc(C)nc(N2CCC3(CC3)C2)n1. The highest BCUT2D eigenvalue weighted by Crippen LogP contribution is 2.52. The summed E-state index contributed by atoms with van der Waals surface area (Å²) >= 11 is 0. The first-order valence-electron chi connectivity index (χ1n) is 6.31. The molecule has 1 spiro atoms. The second kappa shape index (κ2) is 3.93. The summed E-state index contributed by atoms with van der Waals surface area (Å²) < 4.78 is 4.71. The summed E-state index contributed by atoms with van der Waals surface area (Å²) in [5.41, 5.74) is 1.67. The van der Waals surface area contributed by atoms with Crippen LogP contribution in [0.1, 0.15) is 35.4 Å². The number of ether oxygens (including phenoxy) is 1. The number of aromatic nitrogens is 2. The third kappa shape index (κ3) is 1.94. The first kappa shape index (κ1) is 11.4. The zero-order valence-corrected chi connectivity index (χ0v) is 10.8. The van der Waals surface area contributed by atoms with Gasteiger partial charge in [-0.15, -0.1) is 0 Å². The van der Waals surface area contributed by atoms with Crippen LogP contribution in [-0.2, 0) is 4.74 Å². The molecular formula is C13H17N3O2. The van der Waals surface area contributed by atoms with Crippen LogP contribution in [0.5, 0.6) is 0 Å². The van der Waals surface area contributed by atoms with Crippen LogP contribution in [0.4, 0.5) is 5.95 Å². The molecule has 1 aliphatic heterocycles. The van der Waals surface area contributed by atoms with Crippen molar-refractivity contribution >= 4 is 11.9 Å². The van der Waals surface area contributed by atoms with Gasteiger partial charge in [-0.05, 0) is 37.7 Å². The lowest BCUT2D eigenvalue weighted by Gasteiger charge is -2.17. The summed E-state index contributed by atoms with van der Waals surface area (Å²) in [5, 5.41) is 0. The molecule has 1 saturated heterocycles. The molecule has 5 heteroatoms. The van der Waals surface area contributed by atoms with Crippen molar-refractivity contribution in [3.8, 4) is 0 Å². The molecule has 0 amide bonds. The Morgan fingerprint density at radius 1 is 1.39 bits per heavy atom. The third-order valence-corrected chi connectivity index (χ3v) is 3.92. The van der Waals surface area contributed by atoms with Gasteiger partial charge in [0.15, 0.2) is 5.69 Å². The van der Waals surface area contributed by atoms with Crippen LogP contribution in [0.2, 0.25) is 0 Å². The van der Waals surface area contributed by atoms with E-state index in [0.29, 0.717) is 17.1 Å². The van der Waals surface area contributed by atoms with E-state index in [1.54, 1.807) is 6.07 Å². The minimum absolute atomic E-state index is 0.344. The van der Waals surface area contributed by atoms with Crippen LogP contribution in [0.15, 0.2) is 6.07 Å². The summed E-state index contributed by atoms with van der Waals surface area (Å²) in [7, 11) is 1.37. The van der Waals surface area contributed by atoms with Gasteiger partial charge in [0.05, 0.1) is 7.11 Å². The molecule has 2 aliphatic rings. The second-order valence-electron chi connectivity index (χ2n) is 5.36. The monoisotopic (exact) mass is 247 g/mol. The van der Waals surface area contributed by atoms with Crippen molar-refractivity contribution in [2.75, 3.05) is 25.1 Å². The molecule has 2 fully saturated rings. The minimum Gasteiger partial charge on any atom is -0.464 e. The number of hydrogen-bond donors (Lipinski definition) is 0. The van der Waals surface area contributed by atoms with Gasteiger partial charge in [-0.3, -0.25) is 0 Å². The Kier molecular flexibility index (Phi) is 2.50. The summed E-state index contributed by atoms with van der Waals surface area (Å²) in [6, 6.07) is 1.66. The Morgan fingerprint density at radius 2 is 2.17 bits per heavy atom. The lowest BCUT2D eigenvalue weighted by Crippen LogP contribution is -2.23. The molecule has 0 unspecified atom stereocenters. The van der Waals surface area contributed by atoms with Gasteiger partial charge in [-0.1, -0.05) is 0 Å². The van der Waals surface area contributed by atoms with Crippen LogP contribution in [0, 0.1) is 12.3 Å². The predicted octanol–water partition coefficient (Wildman–Crippen LogP) is 1.56. The molecule has 0 radical (unpaired) electrons. The number of carbonyl (C=O) groups is 1. The fourth-order valence-corrected chi connectivity index (χ4v) is 2.59. The average molecular weight is 247 g/mol. The number of aryl methyl sites for hydroxylation is 1. The molecule has 1 aromatic heterocycles. The van der Waals surface area contributed by atoms with Crippen LogP contribution < -0.4 is 4.90 Å². The van der Waals surface area contributed by atoms with Gasteiger partial charge in [0.2, 0.25) is 5.95 Å². The normalized spacial score (nSPS) is 20.2. The first-order valence-corrected chi connectivity index (χ1v) is 6.31. The summed E-state index contributed by atoms with van der Waals surface area (Å²) in [4.78, 5) is 22.5. The van der Waals surface area contributed by atoms with E-state index in [-0.39, 0.29) is 0 Å². The fraction of sp³-hybridized carbons (Fsp3) is 0.615. The van der Waals surface area contributed by atoms with Crippen molar-refractivity contribution in [2.24, 2.45) is 5.41 Å². The molecule has 5 nitrogen and oxygen atoms in total. The van der Waals surface area contributed by atoms with E-state index in [1.165, 1.54) is 26.4 Å². The highest BCUT2D eigenvalue weighted by atomic mass is 16.5. The number of hydrogen-bond acceptors (Lipinski definition) is 5. The van der Waals surface area contributed by atoms with Crippen LogP contribution >= 0.6 is 0 Å². The maximum atomic E-state index is 11.5. The molecular weight excluding hydrogens is 230 g/mol. The summed E-state index contributed by atoms with van der Waals surface area (Å²) in [6.07, 6.45) is 3.86. The highest BCUT2D eigenvalue weighted by molar-refractivity contribution is 5.87. The second-order valence-corrected chi connectivity index (χ2v) is 5.36. The lowest BCUT2D eigenvalue weighted by molar-refractivity contribution is 0.0594. The molecule has 1 aromatic rings. The average Bonchev–Trinajstić information content (AvgIpc) is 2.97. The van der Waals surface area contributed by atoms with Crippen molar-refractivity contribution in [1.82, 2.24) is 9.97 Å². The Hall–Kier alpha value is -1.65. The number of esters is 1. The standard InChI is InChI=1S/C13H17N3O2/c1-9-7-10(11(17)18-2)15-12(14-9)16-6-5-13(8-16)3-4-13/h7H,3-6,8H2,1-2H3. The number of anilines is 1. The van der Waals surface area contributed by atoms with Crippen molar-refractivity contribution < 1.29 is 9.53 Å². The van der Waals surface area contributed by atoms with Crippen molar-refractivity contribution in [3.63, 3.8) is 0 Å². The highest BCUT2D eigenvalue weighted by Gasteiger charge is 2.48. The van der Waals surface area contributed by atoms with E-state index < -0.39 is 5.97 Å². The predicted molar refractivity (Wildman–Crippen MR) is 66.6 cm³/mol. The lowest BCUT2D eigenvalue weighted by atomic mass is 10.1. The molecule has 0 N–H and O–H groups in total. The number of nitrogens with zero attached hydrogens (tertiary/aromatic N) is 3. The number of methoxy groups -OCH3 is 1. The van der Waals surface area contributed by atoms with E-state index in [0.717, 1.165) is 18.8 Å². The van der Waals surface area contributed by atoms with Crippen molar-refractivity contribution in [3.05, 3.63) is 17.5 Å². The Labute approximate surface area is 106 Å². The minimum atomic E-state index is -0.401. The maximum Gasteiger partial charge on any atom is 0.356 e. The van der Waals surface area contributed by atoms with E-state index in [2.05, 4.69) is 14.9 Å². The van der Waals surface area contributed by atoms with Crippen LogP contribution in [0.25, 0.3) is 0 Å². The zero-order valence-electron chi connectivity index (χ0n) is 10.8. The van der Waals surface area contributed by atoms with Gasteiger partial charge in [0.25, 0.3) is 0 Å². The van der Waals surface area contributed by atoms with Gasteiger partial charge in [-0.25, -0.2) is 14.8 Å². The maximum absolute atomic E-state index is 11.5. The quantitative estimate of drug-likeness (QED) is 0.742. The summed E-state index contributed by atoms with van der Waals surface area (Å²) in [6.45, 7) is 3.89. The van der Waals surface area contributed by atoms with Gasteiger partial charge in [-0.2, -0.15) is 0 Å². The van der Waals surface area contributed by atoms with Crippen LogP contribution in [0.3, 0.4) is 0 Å². The Bertz CT molecular complexity index is 497. The van der Waals surface area contributed by atoms with E-state index in [4.69, 9.17) is 4.74 Å². The number of carbonyl (C=O) groups excluding carboxylic acids is 1. The van der Waals surface area contributed by atoms with E-state index in [1.807, 2.05) is 6.92 Å². The van der Waals surface area contributed by atoms with E-state index >= 15 is 0 Å². The largest absolute Gasteiger partial charge is 0.464 e. The van der Waals surface area contributed by atoms with Gasteiger partial charge >= 0.3 is 5.97 Å². The molecule has 0 aromatic carbocycles. The molecule has 96 valence electrons. The van der Waals surface area contributed by atoms with Crippen molar-refractivity contribution in [2.45, 2.75) is 26.2 Å². The molecule has 2 heterocycles. The Balaban J connectivity index is 1.87. The fourth-order valence-electron chi connectivity index (χ4n) is 2.59. The topological polar surface area (TPSA) is 55.3 Å². The Morgan fingerprint density at radius 3 is 2.78 bits per heavy atom. The molecule has 3 rings (SSSR count). The molecule has 0 atom stereocenters. The smallest absolute Gasteiger partial charge is 0.356 e. The molecule has 1 saturated carbocycles. The number of rotatable bonds is 2. The molecule has 0 bridgehead atoms. The van der Waals surface area contributed by atoms with Gasteiger partial charge < -0.3 is 9.64 Å². The third-order valence-electron chi connectivity index (χ3n) is 3.92. The van der Waals surface area contributed by atoms with Crippen molar-refractivity contribution in [1.29, 1.82) is 0 Å². The summed E-state index contributed by atoms with van der Waals surface area (Å²) in [5.74, 6) is 0.265. The first-order chi connectivity index (χ1) is 8.62. The van der Waals surface area contributed by atoms with Gasteiger partial charge in [0, 0.05) is 18.8 Å². The zero-order chi connectivity index (χ0) is 12.8. The molecule has 18 heavy (non-hydrogen) atoms. The van der Waals surface area contributed by atoms with E-state index in [9.17, 15) is 4.79 Å². The van der Waals surface area contributed by atoms with Crippen LogP contribution in [-0.4, -0.2) is 36.1 Å². The molecule has 1 aliphatic carbocycles.